The zero-order valence-electron chi connectivity index (χ0n) is 29.6. The lowest BCUT2D eigenvalue weighted by Crippen LogP contribution is -2.02. The molecule has 55 heavy (non-hydrogen) atoms. The molecule has 0 saturated heterocycles. The Morgan fingerprint density at radius 1 is 0.291 bits per heavy atom. The van der Waals surface area contributed by atoms with Gasteiger partial charge in [0, 0.05) is 27.5 Å². The third-order valence-electron chi connectivity index (χ3n) is 10.7. The van der Waals surface area contributed by atoms with Gasteiger partial charge in [0.25, 0.3) is 0 Å². The molecule has 4 nitrogen and oxygen atoms in total. The lowest BCUT2D eigenvalue weighted by molar-refractivity contribution is 0.669. The van der Waals surface area contributed by atoms with Gasteiger partial charge in [0.1, 0.15) is 11.2 Å². The first kappa shape index (κ1) is 31.1. The van der Waals surface area contributed by atoms with Crippen molar-refractivity contribution in [1.82, 2.24) is 15.0 Å². The molecule has 0 aliphatic heterocycles. The molecule has 0 N–H and O–H groups in total. The van der Waals surface area contributed by atoms with Crippen LogP contribution in [0.2, 0.25) is 0 Å². The Labute approximate surface area is 317 Å². The molecule has 0 aliphatic rings. The van der Waals surface area contributed by atoms with E-state index in [0.717, 1.165) is 77.0 Å². The molecule has 0 radical (unpaired) electrons. The summed E-state index contributed by atoms with van der Waals surface area (Å²) in [7, 11) is 0. The van der Waals surface area contributed by atoms with Crippen molar-refractivity contribution >= 4 is 54.3 Å². The number of nitrogens with zero attached hydrogens (tertiary/aromatic N) is 3. The van der Waals surface area contributed by atoms with Crippen molar-refractivity contribution < 1.29 is 4.42 Å². The van der Waals surface area contributed by atoms with E-state index < -0.39 is 0 Å². The Balaban J connectivity index is 1.17. The molecule has 2 heterocycles. The van der Waals surface area contributed by atoms with Crippen molar-refractivity contribution in [1.29, 1.82) is 0 Å². The molecule has 11 aromatic rings. The van der Waals surface area contributed by atoms with Crippen LogP contribution in [0.3, 0.4) is 0 Å². The molecule has 0 bridgehead atoms. The highest BCUT2D eigenvalue weighted by Gasteiger charge is 2.20. The van der Waals surface area contributed by atoms with Crippen LogP contribution in [-0.4, -0.2) is 15.0 Å². The number of hydrogen-bond acceptors (Lipinski definition) is 4. The van der Waals surface area contributed by atoms with Gasteiger partial charge < -0.3 is 4.42 Å². The fraction of sp³-hybridized carbons (Fsp3) is 0. The minimum atomic E-state index is 0.612. The maximum Gasteiger partial charge on any atom is 0.165 e. The number of hydrogen-bond donors (Lipinski definition) is 0. The summed E-state index contributed by atoms with van der Waals surface area (Å²) < 4.78 is 6.15. The summed E-state index contributed by atoms with van der Waals surface area (Å²) in [5.74, 6) is 1.87. The number of benzene rings is 9. The first-order valence-corrected chi connectivity index (χ1v) is 18.5. The number of fused-ring (bicyclic) bond motifs is 7. The van der Waals surface area contributed by atoms with Gasteiger partial charge in [-0.25, -0.2) is 15.0 Å². The standard InChI is InChI=1S/C51H31N3O/c1-2-13-32(14-3-1)38-19-8-9-23-43(38)50-52-49(37-18-12-17-34(29-37)35-26-28-47-45(30-35)41-22-10-11-24-46(41)55-47)53-51(54-50)48-40-21-7-5-16-36(40)31-44-39-20-6-4-15-33(39)25-27-42(44)48/h1-31H. The third-order valence-corrected chi connectivity index (χ3v) is 10.7. The predicted octanol–water partition coefficient (Wildman–Crippen LogP) is 13.6. The van der Waals surface area contributed by atoms with Crippen LogP contribution in [0.25, 0.3) is 111 Å². The highest BCUT2D eigenvalue weighted by Crippen LogP contribution is 2.40. The molecular formula is C51H31N3O. The van der Waals surface area contributed by atoms with Crippen molar-refractivity contribution in [3.8, 4) is 56.4 Å². The van der Waals surface area contributed by atoms with Crippen LogP contribution in [0.5, 0.6) is 0 Å². The number of aromatic nitrogens is 3. The van der Waals surface area contributed by atoms with Gasteiger partial charge in [-0.2, -0.15) is 0 Å². The lowest BCUT2D eigenvalue weighted by atomic mass is 9.93. The molecule has 0 spiro atoms. The topological polar surface area (TPSA) is 51.8 Å². The molecule has 2 aromatic heterocycles. The highest BCUT2D eigenvalue weighted by atomic mass is 16.3. The fourth-order valence-corrected chi connectivity index (χ4v) is 8.09. The summed E-state index contributed by atoms with van der Waals surface area (Å²) in [6.45, 7) is 0. The SMILES string of the molecule is c1ccc(-c2ccccc2-c2nc(-c3cccc(-c4ccc5oc6ccccc6c5c4)c3)nc(-c3c4ccccc4cc4c3ccc3ccccc34)n2)cc1. The van der Waals surface area contributed by atoms with E-state index in [2.05, 4.69) is 170 Å². The fourth-order valence-electron chi connectivity index (χ4n) is 8.09. The van der Waals surface area contributed by atoms with E-state index in [0.29, 0.717) is 17.5 Å². The van der Waals surface area contributed by atoms with E-state index in [1.165, 1.54) is 16.2 Å². The Bertz CT molecular complexity index is 3270. The molecule has 0 unspecified atom stereocenters. The van der Waals surface area contributed by atoms with Crippen LogP contribution in [0.1, 0.15) is 0 Å². The van der Waals surface area contributed by atoms with Gasteiger partial charge in [0.15, 0.2) is 17.5 Å². The first-order valence-electron chi connectivity index (χ1n) is 18.5. The Hall–Kier alpha value is -7.43. The van der Waals surface area contributed by atoms with Gasteiger partial charge in [-0.05, 0) is 84.9 Å². The van der Waals surface area contributed by atoms with Crippen LogP contribution in [0, 0.1) is 0 Å². The molecule has 0 atom stereocenters. The molecule has 4 heteroatoms. The van der Waals surface area contributed by atoms with Crippen LogP contribution >= 0.6 is 0 Å². The Morgan fingerprint density at radius 2 is 0.927 bits per heavy atom. The van der Waals surface area contributed by atoms with Crippen molar-refractivity contribution in [3.63, 3.8) is 0 Å². The summed E-state index contributed by atoms with van der Waals surface area (Å²) in [6, 6.07) is 65.8. The van der Waals surface area contributed by atoms with Gasteiger partial charge in [-0.1, -0.05) is 158 Å². The highest BCUT2D eigenvalue weighted by molar-refractivity contribution is 6.19. The molecule has 0 aliphatic carbocycles. The van der Waals surface area contributed by atoms with E-state index in [4.69, 9.17) is 19.4 Å². The molecule has 9 aromatic carbocycles. The molecule has 0 amide bonds. The quantitative estimate of drug-likeness (QED) is 0.132. The molecule has 11 rings (SSSR count). The monoisotopic (exact) mass is 701 g/mol. The number of para-hydroxylation sites is 1. The van der Waals surface area contributed by atoms with Crippen LogP contribution in [0.4, 0.5) is 0 Å². The number of rotatable bonds is 5. The predicted molar refractivity (Wildman–Crippen MR) is 227 cm³/mol. The molecule has 0 fully saturated rings. The molecule has 256 valence electrons. The normalized spacial score (nSPS) is 11.6. The Morgan fingerprint density at radius 3 is 1.82 bits per heavy atom. The van der Waals surface area contributed by atoms with Crippen molar-refractivity contribution in [3.05, 3.63) is 188 Å². The van der Waals surface area contributed by atoms with Crippen molar-refractivity contribution in [2.24, 2.45) is 0 Å². The summed E-state index contributed by atoms with van der Waals surface area (Å²) in [4.78, 5) is 16.0. The zero-order valence-corrected chi connectivity index (χ0v) is 29.6. The summed E-state index contributed by atoms with van der Waals surface area (Å²) >= 11 is 0. The second-order valence-corrected chi connectivity index (χ2v) is 14.0. The van der Waals surface area contributed by atoms with Gasteiger partial charge in [-0.15, -0.1) is 0 Å². The molecule has 0 saturated carbocycles. The van der Waals surface area contributed by atoms with E-state index >= 15 is 0 Å². The largest absolute Gasteiger partial charge is 0.456 e. The Kier molecular flexibility index (Phi) is 7.14. The third kappa shape index (κ3) is 5.26. The van der Waals surface area contributed by atoms with Gasteiger partial charge in [-0.3, -0.25) is 0 Å². The van der Waals surface area contributed by atoms with E-state index in [9.17, 15) is 0 Å². The summed E-state index contributed by atoms with van der Waals surface area (Å²) in [5, 5.41) is 9.10. The van der Waals surface area contributed by atoms with Gasteiger partial charge in [0.05, 0.1) is 0 Å². The van der Waals surface area contributed by atoms with Crippen molar-refractivity contribution in [2.45, 2.75) is 0 Å². The van der Waals surface area contributed by atoms with E-state index in [1.54, 1.807) is 0 Å². The number of furan rings is 1. The minimum Gasteiger partial charge on any atom is -0.456 e. The van der Waals surface area contributed by atoms with Gasteiger partial charge in [0.2, 0.25) is 0 Å². The van der Waals surface area contributed by atoms with Gasteiger partial charge >= 0.3 is 0 Å². The van der Waals surface area contributed by atoms with Crippen molar-refractivity contribution in [2.75, 3.05) is 0 Å². The smallest absolute Gasteiger partial charge is 0.165 e. The van der Waals surface area contributed by atoms with E-state index in [-0.39, 0.29) is 0 Å². The van der Waals surface area contributed by atoms with Crippen LogP contribution in [0.15, 0.2) is 192 Å². The molecular weight excluding hydrogens is 671 g/mol. The maximum atomic E-state index is 6.15. The second kappa shape index (κ2) is 12.6. The van der Waals surface area contributed by atoms with Crippen LogP contribution in [-0.2, 0) is 0 Å². The summed E-state index contributed by atoms with van der Waals surface area (Å²) in [6.07, 6.45) is 0. The summed E-state index contributed by atoms with van der Waals surface area (Å²) in [5.41, 5.74) is 8.94. The first-order chi connectivity index (χ1) is 27.2. The second-order valence-electron chi connectivity index (χ2n) is 14.0. The van der Waals surface area contributed by atoms with Crippen LogP contribution < -0.4 is 0 Å². The average Bonchev–Trinajstić information content (AvgIpc) is 3.64. The van der Waals surface area contributed by atoms with E-state index in [1.807, 2.05) is 18.2 Å². The lowest BCUT2D eigenvalue weighted by Gasteiger charge is -2.16. The zero-order chi connectivity index (χ0) is 36.3. The maximum absolute atomic E-state index is 6.15. The minimum absolute atomic E-state index is 0.612. The average molecular weight is 702 g/mol.